The molecule has 3 nitrogen and oxygen atoms in total. The van der Waals surface area contributed by atoms with Crippen molar-refractivity contribution in [2.75, 3.05) is 20.6 Å². The number of hydrogen-bond acceptors (Lipinski definition) is 3. The zero-order chi connectivity index (χ0) is 11.1. The van der Waals surface area contributed by atoms with Crippen molar-refractivity contribution < 1.29 is 4.79 Å². The third-order valence-corrected chi connectivity index (χ3v) is 2.14. The topological polar surface area (TPSA) is 46.3 Å². The van der Waals surface area contributed by atoms with Gasteiger partial charge in [0.2, 0.25) is 0 Å². The highest BCUT2D eigenvalue weighted by molar-refractivity contribution is 5.83. The Balaban J connectivity index is 3.62. The van der Waals surface area contributed by atoms with Gasteiger partial charge in [-0.1, -0.05) is 13.8 Å². The lowest BCUT2D eigenvalue weighted by Gasteiger charge is -2.14. The Morgan fingerprint density at radius 1 is 1.36 bits per heavy atom. The van der Waals surface area contributed by atoms with Crippen molar-refractivity contribution in [3.63, 3.8) is 0 Å². The van der Waals surface area contributed by atoms with Crippen molar-refractivity contribution in [1.29, 1.82) is 0 Å². The monoisotopic (exact) mass is 200 g/mol. The van der Waals surface area contributed by atoms with Gasteiger partial charge in [-0.25, -0.2) is 0 Å². The summed E-state index contributed by atoms with van der Waals surface area (Å²) in [5, 5.41) is 0. The van der Waals surface area contributed by atoms with Gasteiger partial charge in [0.1, 0.15) is 5.78 Å². The molecular formula is C11H24N2O. The molecule has 84 valence electrons. The second kappa shape index (κ2) is 6.96. The van der Waals surface area contributed by atoms with Gasteiger partial charge < -0.3 is 10.6 Å². The van der Waals surface area contributed by atoms with E-state index in [-0.39, 0.29) is 11.8 Å². The molecule has 0 aliphatic heterocycles. The normalized spacial score (nSPS) is 13.6. The van der Waals surface area contributed by atoms with Crippen molar-refractivity contribution in [3.8, 4) is 0 Å². The molecule has 0 aromatic carbocycles. The van der Waals surface area contributed by atoms with Crippen LogP contribution >= 0.6 is 0 Å². The highest BCUT2D eigenvalue weighted by Crippen LogP contribution is 2.05. The van der Waals surface area contributed by atoms with Crippen molar-refractivity contribution >= 4 is 5.78 Å². The second-order valence-electron chi connectivity index (χ2n) is 4.62. The van der Waals surface area contributed by atoms with Gasteiger partial charge in [-0.3, -0.25) is 4.79 Å². The predicted octanol–water partition coefficient (Wildman–Crippen LogP) is 1.27. The number of nitrogens with zero attached hydrogens (tertiary/aromatic N) is 1. The molecule has 2 N–H and O–H groups in total. The minimum atomic E-state index is -0.252. The molecule has 1 atom stereocenters. The third-order valence-electron chi connectivity index (χ3n) is 2.14. The van der Waals surface area contributed by atoms with E-state index in [1.54, 1.807) is 0 Å². The van der Waals surface area contributed by atoms with E-state index in [0.29, 0.717) is 12.3 Å². The van der Waals surface area contributed by atoms with E-state index in [2.05, 4.69) is 4.90 Å². The first-order valence-electron chi connectivity index (χ1n) is 5.36. The molecule has 3 heteroatoms. The van der Waals surface area contributed by atoms with E-state index in [0.717, 1.165) is 19.4 Å². The van der Waals surface area contributed by atoms with E-state index in [4.69, 9.17) is 5.73 Å². The van der Waals surface area contributed by atoms with Crippen LogP contribution in [0.3, 0.4) is 0 Å². The maximum absolute atomic E-state index is 11.5. The fourth-order valence-electron chi connectivity index (χ4n) is 1.34. The number of Topliss-reactive ketones (excluding diaryl/α,β-unsaturated/α-hetero) is 1. The Morgan fingerprint density at radius 2 is 1.93 bits per heavy atom. The fraction of sp³-hybridized carbons (Fsp3) is 0.909. The Kier molecular flexibility index (Phi) is 6.75. The fourth-order valence-corrected chi connectivity index (χ4v) is 1.34. The average Bonchev–Trinajstić information content (AvgIpc) is 2.01. The second-order valence-corrected chi connectivity index (χ2v) is 4.62. The quantitative estimate of drug-likeness (QED) is 0.673. The van der Waals surface area contributed by atoms with E-state index in [1.807, 2.05) is 27.9 Å². The number of ketones is 1. The summed E-state index contributed by atoms with van der Waals surface area (Å²) in [6.07, 6.45) is 2.42. The van der Waals surface area contributed by atoms with Gasteiger partial charge in [0.25, 0.3) is 0 Å². The Morgan fingerprint density at radius 3 is 2.36 bits per heavy atom. The predicted molar refractivity (Wildman–Crippen MR) is 60.2 cm³/mol. The summed E-state index contributed by atoms with van der Waals surface area (Å²) >= 11 is 0. The highest BCUT2D eigenvalue weighted by atomic mass is 16.1. The van der Waals surface area contributed by atoms with Gasteiger partial charge in [0.15, 0.2) is 0 Å². The Labute approximate surface area is 87.6 Å². The van der Waals surface area contributed by atoms with Crippen LogP contribution in [0.2, 0.25) is 0 Å². The van der Waals surface area contributed by atoms with E-state index < -0.39 is 0 Å². The van der Waals surface area contributed by atoms with Crippen LogP contribution in [0.25, 0.3) is 0 Å². The zero-order valence-electron chi connectivity index (χ0n) is 9.92. The zero-order valence-corrected chi connectivity index (χ0v) is 9.92. The van der Waals surface area contributed by atoms with Crippen molar-refractivity contribution in [2.24, 2.45) is 11.7 Å². The maximum Gasteiger partial charge on any atom is 0.149 e. The smallest absolute Gasteiger partial charge is 0.149 e. The maximum atomic E-state index is 11.5. The van der Waals surface area contributed by atoms with E-state index >= 15 is 0 Å². The molecule has 0 saturated heterocycles. The third kappa shape index (κ3) is 7.04. The number of hydrogen-bond donors (Lipinski definition) is 1. The van der Waals surface area contributed by atoms with Crippen LogP contribution in [-0.2, 0) is 4.79 Å². The van der Waals surface area contributed by atoms with Crippen LogP contribution in [-0.4, -0.2) is 37.4 Å². The first-order valence-corrected chi connectivity index (χ1v) is 5.36. The minimum Gasteiger partial charge on any atom is -0.322 e. The first kappa shape index (κ1) is 13.6. The lowest BCUT2D eigenvalue weighted by molar-refractivity contribution is -0.121. The molecule has 0 fully saturated rings. The highest BCUT2D eigenvalue weighted by Gasteiger charge is 2.14. The van der Waals surface area contributed by atoms with Crippen molar-refractivity contribution in [3.05, 3.63) is 0 Å². The summed E-state index contributed by atoms with van der Waals surface area (Å²) in [6, 6.07) is -0.252. The van der Waals surface area contributed by atoms with Crippen molar-refractivity contribution in [2.45, 2.75) is 39.2 Å². The summed E-state index contributed by atoms with van der Waals surface area (Å²) in [6.45, 7) is 5.09. The van der Waals surface area contributed by atoms with Gasteiger partial charge in [0, 0.05) is 6.42 Å². The molecule has 0 bridgehead atoms. The molecule has 0 amide bonds. The first-order chi connectivity index (χ1) is 6.43. The van der Waals surface area contributed by atoms with E-state index in [9.17, 15) is 4.79 Å². The average molecular weight is 200 g/mol. The van der Waals surface area contributed by atoms with Gasteiger partial charge in [-0.2, -0.15) is 0 Å². The van der Waals surface area contributed by atoms with Crippen LogP contribution in [0.5, 0.6) is 0 Å². The van der Waals surface area contributed by atoms with Crippen LogP contribution < -0.4 is 5.73 Å². The number of rotatable bonds is 7. The minimum absolute atomic E-state index is 0.207. The molecule has 0 aliphatic carbocycles. The lowest BCUT2D eigenvalue weighted by Crippen LogP contribution is -2.32. The SMILES string of the molecule is CC(C)CC(=O)C(N)CCCN(C)C. The van der Waals surface area contributed by atoms with Gasteiger partial charge in [-0.05, 0) is 39.4 Å². The number of carbonyl (C=O) groups is 1. The van der Waals surface area contributed by atoms with Crippen LogP contribution in [0, 0.1) is 5.92 Å². The molecular weight excluding hydrogens is 176 g/mol. The lowest BCUT2D eigenvalue weighted by atomic mass is 9.99. The molecule has 1 unspecified atom stereocenters. The summed E-state index contributed by atoms with van der Waals surface area (Å²) < 4.78 is 0. The molecule has 14 heavy (non-hydrogen) atoms. The largest absolute Gasteiger partial charge is 0.322 e. The van der Waals surface area contributed by atoms with Gasteiger partial charge >= 0.3 is 0 Å². The van der Waals surface area contributed by atoms with Gasteiger partial charge in [-0.15, -0.1) is 0 Å². The Hall–Kier alpha value is -0.410. The van der Waals surface area contributed by atoms with Crippen LogP contribution in [0.1, 0.15) is 33.1 Å². The molecule has 0 saturated carbocycles. The number of nitrogens with two attached hydrogens (primary N) is 1. The summed E-state index contributed by atoms with van der Waals surface area (Å²) in [4.78, 5) is 13.6. The van der Waals surface area contributed by atoms with Gasteiger partial charge in [0.05, 0.1) is 6.04 Å². The number of carbonyl (C=O) groups excluding carboxylic acids is 1. The van der Waals surface area contributed by atoms with E-state index in [1.165, 1.54) is 0 Å². The molecule has 0 radical (unpaired) electrons. The molecule has 0 heterocycles. The molecule has 0 spiro atoms. The summed E-state index contributed by atoms with van der Waals surface area (Å²) in [7, 11) is 4.06. The summed E-state index contributed by atoms with van der Waals surface area (Å²) in [5.74, 6) is 0.626. The summed E-state index contributed by atoms with van der Waals surface area (Å²) in [5.41, 5.74) is 5.78. The standard InChI is InChI=1S/C11H24N2O/c1-9(2)8-11(14)10(12)6-5-7-13(3)4/h9-10H,5-8,12H2,1-4H3. The van der Waals surface area contributed by atoms with Crippen LogP contribution in [0.4, 0.5) is 0 Å². The molecule has 0 aromatic rings. The van der Waals surface area contributed by atoms with Crippen molar-refractivity contribution in [1.82, 2.24) is 4.90 Å². The Bertz CT molecular complexity index is 167. The molecule has 0 aliphatic rings. The van der Waals surface area contributed by atoms with Crippen LogP contribution in [0.15, 0.2) is 0 Å². The molecule has 0 rings (SSSR count). The molecule has 0 aromatic heterocycles.